The standard InChI is InChI=1S/C44H31N5.C38H26N4O.C38H26N4S/c1-44(2)35-23-14-22-32-34-27-30(43-46-41(28-15-6-3-7-16-28)45-42(47-43)29-17-8-4-9-18-29)25-26-37(34)49(38(32)35)39-33-21-12-13-24-36(33)48(40(39)44)31-19-10-5-11-20-31;2*1-38(2)29-18-11-17-26-28-22-25(20-21-30(28)42(32(26)29)33-27-16-9-10-19-31(27)43-34(33)38)37-40-35(23-12-5-3-6-13-23)39-36(41-37)24-14-7-4-8-15-24/h3-27H,1-2H3;2*3-22H,1-2H3. The van der Waals surface area contributed by atoms with Gasteiger partial charge in [-0.15, -0.1) is 11.3 Å². The molecule has 0 amide bonds. The molecule has 0 atom stereocenters. The van der Waals surface area contributed by atoms with E-state index in [0.717, 1.165) is 83.4 Å². The fraction of sp³-hybridized carbons (Fsp3) is 0.0750. The Morgan fingerprint density at radius 2 is 0.526 bits per heavy atom. The second kappa shape index (κ2) is 30.5. The van der Waals surface area contributed by atoms with Gasteiger partial charge in [-0.1, -0.05) is 331 Å². The van der Waals surface area contributed by atoms with Gasteiger partial charge in [-0.2, -0.15) is 0 Å². The molecule has 0 unspecified atom stereocenters. The molecule has 28 rings (SSSR count). The summed E-state index contributed by atoms with van der Waals surface area (Å²) in [6.45, 7) is 14.0. The fourth-order valence-electron chi connectivity index (χ4n) is 21.2. The average molecular weight is 1760 g/mol. The van der Waals surface area contributed by atoms with Gasteiger partial charge in [0.25, 0.3) is 0 Å². The van der Waals surface area contributed by atoms with Gasteiger partial charge in [-0.05, 0) is 122 Å². The Labute approximate surface area is 781 Å². The molecule has 0 radical (unpaired) electrons. The lowest BCUT2D eigenvalue weighted by Gasteiger charge is -2.34. The van der Waals surface area contributed by atoms with Crippen LogP contribution in [0.5, 0.6) is 0 Å². The largest absolute Gasteiger partial charge is 0.458 e. The van der Waals surface area contributed by atoms with Crippen LogP contribution in [0.1, 0.15) is 74.6 Å². The van der Waals surface area contributed by atoms with Crippen molar-refractivity contribution in [1.29, 1.82) is 0 Å². The zero-order valence-corrected chi connectivity index (χ0v) is 75.5. The van der Waals surface area contributed by atoms with E-state index in [2.05, 4.69) is 266 Å². The summed E-state index contributed by atoms with van der Waals surface area (Å²) in [6, 6.07) is 138. The number of nitrogens with zero attached hydrogens (tertiary/aromatic N) is 13. The highest BCUT2D eigenvalue weighted by atomic mass is 32.1. The smallest absolute Gasteiger partial charge is 0.164 e. The molecule has 3 aliphatic rings. The first kappa shape index (κ1) is 79.0. The van der Waals surface area contributed by atoms with E-state index in [1.165, 1.54) is 120 Å². The maximum absolute atomic E-state index is 6.57. The summed E-state index contributed by atoms with van der Waals surface area (Å²) in [5.74, 6) is 6.94. The number of aromatic nitrogens is 13. The first-order valence-corrected chi connectivity index (χ1v) is 46.6. The van der Waals surface area contributed by atoms with Crippen LogP contribution in [0, 0.1) is 0 Å². The van der Waals surface area contributed by atoms with Crippen LogP contribution < -0.4 is 0 Å². The maximum Gasteiger partial charge on any atom is 0.164 e. The number of hydrogen-bond donors (Lipinski definition) is 0. The van der Waals surface area contributed by atoms with Crippen molar-refractivity contribution in [2.24, 2.45) is 0 Å². The topological polar surface area (TPSA) is 149 Å². The number of hydrogen-bond acceptors (Lipinski definition) is 11. The predicted octanol–water partition coefficient (Wildman–Crippen LogP) is 29.7. The summed E-state index contributed by atoms with van der Waals surface area (Å²) >= 11 is 1.92. The summed E-state index contributed by atoms with van der Waals surface area (Å²) in [7, 11) is 0. The summed E-state index contributed by atoms with van der Waals surface area (Å²) in [4.78, 5) is 46.2. The molecule has 0 bridgehead atoms. The highest BCUT2D eigenvalue weighted by Crippen LogP contribution is 2.57. The van der Waals surface area contributed by atoms with Crippen LogP contribution in [0.25, 0.3) is 223 Å². The van der Waals surface area contributed by atoms with Crippen LogP contribution in [0.15, 0.2) is 399 Å². The quantitative estimate of drug-likeness (QED) is 0.129. The summed E-state index contributed by atoms with van der Waals surface area (Å²) in [6.07, 6.45) is 0. The molecule has 9 aromatic heterocycles. The molecule has 640 valence electrons. The van der Waals surface area contributed by atoms with Crippen LogP contribution in [0.2, 0.25) is 0 Å². The van der Waals surface area contributed by atoms with Gasteiger partial charge in [0.15, 0.2) is 52.4 Å². The van der Waals surface area contributed by atoms with E-state index < -0.39 is 0 Å². The van der Waals surface area contributed by atoms with Gasteiger partial charge in [0, 0.05) is 125 Å². The number of fused-ring (bicyclic) bond motifs is 21. The number of thiophene rings is 1. The van der Waals surface area contributed by atoms with Gasteiger partial charge in [0.05, 0.1) is 66.8 Å². The van der Waals surface area contributed by atoms with Crippen LogP contribution in [-0.2, 0) is 16.2 Å². The molecular formula is C120H83N13OS. The highest BCUT2D eigenvalue weighted by Gasteiger charge is 2.43. The molecular weight excluding hydrogens is 1670 g/mol. The molecule has 0 saturated carbocycles. The Balaban J connectivity index is 0.000000106. The lowest BCUT2D eigenvalue weighted by Crippen LogP contribution is -2.28. The third-order valence-electron chi connectivity index (χ3n) is 27.7. The van der Waals surface area contributed by atoms with E-state index in [-0.39, 0.29) is 16.2 Å². The van der Waals surface area contributed by atoms with Gasteiger partial charge < -0.3 is 22.7 Å². The normalized spacial score (nSPS) is 13.4. The zero-order valence-electron chi connectivity index (χ0n) is 74.7. The second-order valence-electron chi connectivity index (χ2n) is 36.7. The minimum Gasteiger partial charge on any atom is -0.458 e. The molecule has 25 aromatic rings. The highest BCUT2D eigenvalue weighted by molar-refractivity contribution is 7.19. The predicted molar refractivity (Wildman–Crippen MR) is 550 cm³/mol. The van der Waals surface area contributed by atoms with Crippen LogP contribution in [0.3, 0.4) is 0 Å². The minimum atomic E-state index is -0.287. The number of para-hydroxylation sites is 6. The van der Waals surface area contributed by atoms with Crippen molar-refractivity contribution in [3.05, 3.63) is 427 Å². The monoisotopic (exact) mass is 1750 g/mol. The van der Waals surface area contributed by atoms with E-state index in [0.29, 0.717) is 52.4 Å². The fourth-order valence-corrected chi connectivity index (χ4v) is 22.5. The Morgan fingerprint density at radius 1 is 0.222 bits per heavy atom. The van der Waals surface area contributed by atoms with Crippen molar-refractivity contribution < 1.29 is 4.42 Å². The molecule has 15 heteroatoms. The van der Waals surface area contributed by atoms with E-state index >= 15 is 0 Å². The maximum atomic E-state index is 6.57. The van der Waals surface area contributed by atoms with Gasteiger partial charge in [0.2, 0.25) is 0 Å². The number of benzene rings is 16. The molecule has 135 heavy (non-hydrogen) atoms. The van der Waals surface area contributed by atoms with E-state index in [1.54, 1.807) is 0 Å². The summed E-state index contributed by atoms with van der Waals surface area (Å²) in [5, 5.41) is 10.9. The van der Waals surface area contributed by atoms with Crippen LogP contribution >= 0.6 is 11.3 Å². The first-order valence-electron chi connectivity index (χ1n) is 45.8. The minimum absolute atomic E-state index is 0.102. The lowest BCUT2D eigenvalue weighted by atomic mass is 9.77. The summed E-state index contributed by atoms with van der Waals surface area (Å²) in [5.41, 5.74) is 27.5. The second-order valence-corrected chi connectivity index (χ2v) is 37.8. The van der Waals surface area contributed by atoms with Crippen molar-refractivity contribution in [1.82, 2.24) is 63.1 Å². The zero-order chi connectivity index (χ0) is 90.1. The van der Waals surface area contributed by atoms with Gasteiger partial charge in [0.1, 0.15) is 11.3 Å². The lowest BCUT2D eigenvalue weighted by molar-refractivity contribution is 0.448. The summed E-state index contributed by atoms with van der Waals surface area (Å²) < 4.78 is 17.8. The molecule has 0 saturated heterocycles. The number of rotatable bonds is 10. The molecule has 3 aliphatic heterocycles. The SMILES string of the molecule is CC1(C)c2cccc3c4cc(-c5nc(-c6ccccc6)nc(-c6ccccc6)n5)ccc4n(c23)-c2c1n(-c1ccccc1)c1ccccc21.CC1(C)c2oc3ccccc3c2-n2c3ccc(-c4nc(-c5ccccc5)nc(-c5ccccc5)n4)cc3c3cccc1c32.CC1(C)c2sc3ccccc3c2-n2c3ccc(-c4nc(-c5ccccc5)nc(-c5ccccc5)n4)cc3c3cccc1c32. The van der Waals surface area contributed by atoms with E-state index in [4.69, 9.17) is 49.3 Å². The Morgan fingerprint density at radius 3 is 0.933 bits per heavy atom. The third-order valence-corrected chi connectivity index (χ3v) is 29.1. The van der Waals surface area contributed by atoms with Gasteiger partial charge in [-0.25, -0.2) is 44.9 Å². The molecule has 0 fully saturated rings. The van der Waals surface area contributed by atoms with Crippen molar-refractivity contribution in [2.75, 3.05) is 0 Å². The Bertz CT molecular complexity index is 8620. The van der Waals surface area contributed by atoms with E-state index in [9.17, 15) is 0 Å². The van der Waals surface area contributed by atoms with Gasteiger partial charge in [-0.3, -0.25) is 0 Å². The third kappa shape index (κ3) is 12.4. The molecule has 0 N–H and O–H groups in total. The van der Waals surface area contributed by atoms with Crippen LogP contribution in [0.4, 0.5) is 0 Å². The molecule has 0 spiro atoms. The van der Waals surface area contributed by atoms with E-state index in [1.807, 2.05) is 199 Å². The average Bonchev–Trinajstić information content (AvgIpc) is 1.54. The van der Waals surface area contributed by atoms with Crippen molar-refractivity contribution >= 4 is 109 Å². The molecule has 0 aliphatic carbocycles. The van der Waals surface area contributed by atoms with Crippen molar-refractivity contribution in [3.63, 3.8) is 0 Å². The molecule has 12 heterocycles. The van der Waals surface area contributed by atoms with Crippen LogP contribution in [-0.4, -0.2) is 63.1 Å². The van der Waals surface area contributed by atoms with Crippen molar-refractivity contribution in [3.8, 4) is 125 Å². The number of furan rings is 1. The van der Waals surface area contributed by atoms with Gasteiger partial charge >= 0.3 is 0 Å². The van der Waals surface area contributed by atoms with Crippen molar-refractivity contribution in [2.45, 2.75) is 57.8 Å². The Kier molecular flexibility index (Phi) is 17.9. The first-order chi connectivity index (χ1) is 66.2. The molecule has 16 aromatic carbocycles. The Hall–Kier alpha value is -17.0. The molecule has 14 nitrogen and oxygen atoms in total.